The van der Waals surface area contributed by atoms with Gasteiger partial charge in [0.2, 0.25) is 0 Å². The Kier molecular flexibility index (Phi) is 5.95. The van der Waals surface area contributed by atoms with Crippen LogP contribution < -0.4 is 10.1 Å². The van der Waals surface area contributed by atoms with Crippen molar-refractivity contribution >= 4 is 33.2 Å². The molecular formula is C20H16BrClFNO. The van der Waals surface area contributed by atoms with Crippen molar-refractivity contribution < 1.29 is 9.13 Å². The molecule has 0 atom stereocenters. The van der Waals surface area contributed by atoms with E-state index in [0.29, 0.717) is 18.2 Å². The molecule has 0 saturated heterocycles. The predicted octanol–water partition coefficient (Wildman–Crippen LogP) is 6.43. The van der Waals surface area contributed by atoms with Crippen molar-refractivity contribution in [1.82, 2.24) is 0 Å². The van der Waals surface area contributed by atoms with Crippen LogP contribution in [0.25, 0.3) is 0 Å². The Balaban J connectivity index is 1.59. The Labute approximate surface area is 159 Å². The molecule has 0 saturated carbocycles. The van der Waals surface area contributed by atoms with Gasteiger partial charge in [-0.2, -0.15) is 0 Å². The third-order valence-electron chi connectivity index (χ3n) is 3.62. The molecule has 3 aromatic carbocycles. The van der Waals surface area contributed by atoms with Gasteiger partial charge in [-0.3, -0.25) is 0 Å². The predicted molar refractivity (Wildman–Crippen MR) is 104 cm³/mol. The number of rotatable bonds is 6. The molecule has 128 valence electrons. The molecule has 25 heavy (non-hydrogen) atoms. The number of hydrogen-bond donors (Lipinski definition) is 1. The number of benzene rings is 3. The average molecular weight is 421 g/mol. The van der Waals surface area contributed by atoms with Gasteiger partial charge in [-0.05, 0) is 75.6 Å². The molecule has 0 aromatic heterocycles. The summed E-state index contributed by atoms with van der Waals surface area (Å²) in [6, 6.07) is 19.8. The zero-order chi connectivity index (χ0) is 17.6. The van der Waals surface area contributed by atoms with Gasteiger partial charge in [-0.25, -0.2) is 4.39 Å². The monoisotopic (exact) mass is 419 g/mol. The van der Waals surface area contributed by atoms with Crippen molar-refractivity contribution in [2.75, 3.05) is 5.32 Å². The summed E-state index contributed by atoms with van der Waals surface area (Å²) in [6.45, 7) is 1.09. The van der Waals surface area contributed by atoms with Crippen molar-refractivity contribution in [2.45, 2.75) is 13.2 Å². The highest BCUT2D eigenvalue weighted by Crippen LogP contribution is 2.27. The van der Waals surface area contributed by atoms with Crippen molar-refractivity contribution in [3.8, 4) is 5.75 Å². The highest BCUT2D eigenvalue weighted by molar-refractivity contribution is 9.10. The maximum atomic E-state index is 12.9. The molecule has 3 aromatic rings. The van der Waals surface area contributed by atoms with E-state index >= 15 is 0 Å². The van der Waals surface area contributed by atoms with Crippen molar-refractivity contribution in [3.63, 3.8) is 0 Å². The second-order valence-corrected chi connectivity index (χ2v) is 6.83. The van der Waals surface area contributed by atoms with Crippen LogP contribution in [0, 0.1) is 5.82 Å². The van der Waals surface area contributed by atoms with Gasteiger partial charge in [0.1, 0.15) is 18.2 Å². The number of halogens is 3. The summed E-state index contributed by atoms with van der Waals surface area (Å²) in [5.74, 6) is 0.528. The first kappa shape index (κ1) is 17.8. The van der Waals surface area contributed by atoms with Gasteiger partial charge in [-0.1, -0.05) is 29.8 Å². The Morgan fingerprint density at radius 1 is 0.960 bits per heavy atom. The van der Waals surface area contributed by atoms with Crippen molar-refractivity contribution in [3.05, 3.63) is 93.2 Å². The van der Waals surface area contributed by atoms with E-state index in [-0.39, 0.29) is 5.82 Å². The van der Waals surface area contributed by atoms with Gasteiger partial charge < -0.3 is 10.1 Å². The fourth-order valence-corrected chi connectivity index (χ4v) is 3.08. The van der Waals surface area contributed by atoms with Gasteiger partial charge >= 0.3 is 0 Å². The molecule has 5 heteroatoms. The molecule has 3 rings (SSSR count). The number of nitrogens with one attached hydrogen (secondary N) is 1. The molecule has 0 aliphatic heterocycles. The fourth-order valence-electron chi connectivity index (χ4n) is 2.33. The van der Waals surface area contributed by atoms with E-state index in [2.05, 4.69) is 21.2 Å². The summed E-state index contributed by atoms with van der Waals surface area (Å²) in [7, 11) is 0. The summed E-state index contributed by atoms with van der Waals surface area (Å²) in [5, 5.41) is 3.95. The molecule has 0 bridgehead atoms. The van der Waals surface area contributed by atoms with Crippen LogP contribution >= 0.6 is 27.5 Å². The second kappa shape index (κ2) is 8.37. The summed E-state index contributed by atoms with van der Waals surface area (Å²) in [6.07, 6.45) is 0. The minimum Gasteiger partial charge on any atom is -0.488 e. The molecule has 0 spiro atoms. The zero-order valence-electron chi connectivity index (χ0n) is 13.3. The van der Waals surface area contributed by atoms with Crippen LogP contribution in [-0.4, -0.2) is 0 Å². The summed E-state index contributed by atoms with van der Waals surface area (Å²) < 4.78 is 19.6. The van der Waals surface area contributed by atoms with Crippen LogP contribution in [0.3, 0.4) is 0 Å². The first-order chi connectivity index (χ1) is 12.1. The maximum Gasteiger partial charge on any atom is 0.134 e. The molecule has 0 heterocycles. The lowest BCUT2D eigenvalue weighted by Crippen LogP contribution is -2.00. The van der Waals surface area contributed by atoms with Crippen LogP contribution in [0.4, 0.5) is 10.1 Å². The zero-order valence-corrected chi connectivity index (χ0v) is 15.6. The van der Waals surface area contributed by atoms with Crippen LogP contribution in [0.1, 0.15) is 11.1 Å². The van der Waals surface area contributed by atoms with E-state index in [0.717, 1.165) is 27.0 Å². The number of ether oxygens (including phenoxy) is 1. The average Bonchev–Trinajstić information content (AvgIpc) is 2.60. The van der Waals surface area contributed by atoms with Gasteiger partial charge in [0.15, 0.2) is 0 Å². The van der Waals surface area contributed by atoms with Gasteiger partial charge in [-0.15, -0.1) is 0 Å². The molecule has 0 amide bonds. The SMILES string of the molecule is Fc1ccc(NCc2ccc(OCc3cccc(Cl)c3)c(Br)c2)cc1. The number of hydrogen-bond acceptors (Lipinski definition) is 2. The standard InChI is InChI=1S/C20H16BrClFNO/c21-19-11-14(12-24-18-7-5-17(23)6-8-18)4-9-20(19)25-13-15-2-1-3-16(22)10-15/h1-11,24H,12-13H2. The molecule has 0 unspecified atom stereocenters. The van der Waals surface area contributed by atoms with Crippen molar-refractivity contribution in [2.24, 2.45) is 0 Å². The van der Waals surface area contributed by atoms with Gasteiger partial charge in [0.25, 0.3) is 0 Å². The quantitative estimate of drug-likeness (QED) is 0.496. The molecule has 0 radical (unpaired) electrons. The van der Waals surface area contributed by atoms with E-state index in [1.165, 1.54) is 12.1 Å². The van der Waals surface area contributed by atoms with Gasteiger partial charge in [0.05, 0.1) is 4.47 Å². The third kappa shape index (κ3) is 5.21. The van der Waals surface area contributed by atoms with E-state index in [4.69, 9.17) is 16.3 Å². The molecular weight excluding hydrogens is 405 g/mol. The molecule has 1 N–H and O–H groups in total. The van der Waals surface area contributed by atoms with E-state index < -0.39 is 0 Å². The second-order valence-electron chi connectivity index (χ2n) is 5.54. The molecule has 0 aliphatic carbocycles. The minimum atomic E-state index is -0.241. The first-order valence-corrected chi connectivity index (χ1v) is 8.92. The van der Waals surface area contributed by atoms with E-state index in [1.54, 1.807) is 12.1 Å². The molecule has 0 aliphatic rings. The molecule has 0 fully saturated rings. The maximum absolute atomic E-state index is 12.9. The normalized spacial score (nSPS) is 10.5. The smallest absolute Gasteiger partial charge is 0.134 e. The lowest BCUT2D eigenvalue weighted by molar-refractivity contribution is 0.304. The summed E-state index contributed by atoms with van der Waals surface area (Å²) in [4.78, 5) is 0. The van der Waals surface area contributed by atoms with Crippen LogP contribution in [0.2, 0.25) is 5.02 Å². The fraction of sp³-hybridized carbons (Fsp3) is 0.100. The van der Waals surface area contributed by atoms with E-state index in [1.807, 2.05) is 42.5 Å². The minimum absolute atomic E-state index is 0.241. The van der Waals surface area contributed by atoms with Crippen LogP contribution in [0.15, 0.2) is 71.2 Å². The largest absolute Gasteiger partial charge is 0.488 e. The Bertz CT molecular complexity index is 855. The van der Waals surface area contributed by atoms with Crippen LogP contribution in [-0.2, 0) is 13.2 Å². The summed E-state index contributed by atoms with van der Waals surface area (Å²) >= 11 is 9.52. The first-order valence-electron chi connectivity index (χ1n) is 7.75. The topological polar surface area (TPSA) is 21.3 Å². The third-order valence-corrected chi connectivity index (χ3v) is 4.48. The Morgan fingerprint density at radius 2 is 1.76 bits per heavy atom. The van der Waals surface area contributed by atoms with E-state index in [9.17, 15) is 4.39 Å². The summed E-state index contributed by atoms with van der Waals surface area (Å²) in [5.41, 5.74) is 2.98. The highest BCUT2D eigenvalue weighted by atomic mass is 79.9. The Morgan fingerprint density at radius 3 is 2.48 bits per heavy atom. The Hall–Kier alpha value is -2.04. The lowest BCUT2D eigenvalue weighted by Gasteiger charge is -2.11. The van der Waals surface area contributed by atoms with Crippen LogP contribution in [0.5, 0.6) is 5.75 Å². The molecule has 2 nitrogen and oxygen atoms in total. The lowest BCUT2D eigenvalue weighted by atomic mass is 10.2. The van der Waals surface area contributed by atoms with Crippen molar-refractivity contribution in [1.29, 1.82) is 0 Å². The number of anilines is 1. The van der Waals surface area contributed by atoms with Gasteiger partial charge in [0, 0.05) is 17.3 Å². The highest BCUT2D eigenvalue weighted by Gasteiger charge is 2.04.